The Morgan fingerprint density at radius 2 is 2.22 bits per heavy atom. The first kappa shape index (κ1) is 11.8. The molecule has 0 bridgehead atoms. The summed E-state index contributed by atoms with van der Waals surface area (Å²) < 4.78 is 6.55. The maximum atomic E-state index is 10.8. The second kappa shape index (κ2) is 4.32. The molecule has 0 aliphatic carbocycles. The maximum Gasteiger partial charge on any atom is 0.271 e. The fourth-order valence-electron chi connectivity index (χ4n) is 1.53. The molecule has 0 spiro atoms. The van der Waals surface area contributed by atoms with E-state index in [2.05, 4.69) is 10.3 Å². The zero-order valence-corrected chi connectivity index (χ0v) is 9.82. The van der Waals surface area contributed by atoms with Gasteiger partial charge in [0.1, 0.15) is 11.4 Å². The molecule has 0 fully saturated rings. The molecule has 8 heteroatoms. The zero-order chi connectivity index (χ0) is 13.3. The molecule has 0 atom stereocenters. The van der Waals surface area contributed by atoms with Gasteiger partial charge in [0.25, 0.3) is 5.69 Å². The van der Waals surface area contributed by atoms with Crippen molar-refractivity contribution < 1.29 is 9.66 Å². The molecule has 1 aromatic heterocycles. The van der Waals surface area contributed by atoms with Gasteiger partial charge in [-0.15, -0.1) is 5.10 Å². The van der Waals surface area contributed by atoms with Gasteiger partial charge >= 0.3 is 0 Å². The number of hydrogen-bond acceptors (Lipinski definition) is 6. The van der Waals surface area contributed by atoms with Gasteiger partial charge in [-0.05, 0) is 13.0 Å². The Morgan fingerprint density at radius 3 is 2.72 bits per heavy atom. The molecule has 0 radical (unpaired) electrons. The van der Waals surface area contributed by atoms with Crippen LogP contribution in [0.3, 0.4) is 0 Å². The zero-order valence-electron chi connectivity index (χ0n) is 9.82. The van der Waals surface area contributed by atoms with E-state index in [1.54, 1.807) is 6.92 Å². The van der Waals surface area contributed by atoms with Crippen LogP contribution in [0.2, 0.25) is 0 Å². The number of non-ortho nitro benzene ring substituents is 1. The van der Waals surface area contributed by atoms with Gasteiger partial charge in [0.2, 0.25) is 0 Å². The summed E-state index contributed by atoms with van der Waals surface area (Å²) in [4.78, 5) is 10.3. The highest BCUT2D eigenvalue weighted by molar-refractivity contribution is 5.55. The highest BCUT2D eigenvalue weighted by Gasteiger charge is 2.16. The van der Waals surface area contributed by atoms with Crippen molar-refractivity contribution >= 4 is 11.5 Å². The first-order valence-electron chi connectivity index (χ1n) is 5.05. The largest absolute Gasteiger partial charge is 0.494 e. The van der Waals surface area contributed by atoms with Crippen LogP contribution in [0.1, 0.15) is 5.69 Å². The third kappa shape index (κ3) is 1.83. The molecular formula is C10H11N5O3. The summed E-state index contributed by atoms with van der Waals surface area (Å²) in [5.74, 6) is 0.720. The molecule has 0 aliphatic rings. The Kier molecular flexibility index (Phi) is 2.84. The third-order valence-corrected chi connectivity index (χ3v) is 2.53. The summed E-state index contributed by atoms with van der Waals surface area (Å²) >= 11 is 0. The SMILES string of the molecule is COc1ccc([N+](=O)[O-])cc1-n1nnc(N)c1C. The van der Waals surface area contributed by atoms with Gasteiger partial charge in [-0.3, -0.25) is 10.1 Å². The van der Waals surface area contributed by atoms with Gasteiger partial charge in [-0.25, -0.2) is 4.68 Å². The molecule has 2 N–H and O–H groups in total. The Bertz CT molecular complexity index is 608. The molecule has 0 amide bonds. The van der Waals surface area contributed by atoms with E-state index in [-0.39, 0.29) is 11.5 Å². The predicted molar refractivity (Wildman–Crippen MR) is 63.7 cm³/mol. The molecule has 2 rings (SSSR count). The predicted octanol–water partition coefficient (Wildman–Crippen LogP) is 1.07. The third-order valence-electron chi connectivity index (χ3n) is 2.53. The van der Waals surface area contributed by atoms with E-state index < -0.39 is 4.92 Å². The van der Waals surface area contributed by atoms with Crippen LogP contribution < -0.4 is 10.5 Å². The van der Waals surface area contributed by atoms with E-state index >= 15 is 0 Å². The number of hydrogen-bond donors (Lipinski definition) is 1. The van der Waals surface area contributed by atoms with Crippen molar-refractivity contribution in [1.82, 2.24) is 15.0 Å². The molecule has 0 saturated carbocycles. The lowest BCUT2D eigenvalue weighted by Gasteiger charge is -2.08. The number of rotatable bonds is 3. The number of nitrogens with two attached hydrogens (primary N) is 1. The molecule has 94 valence electrons. The summed E-state index contributed by atoms with van der Waals surface area (Å²) in [6.45, 7) is 1.72. The van der Waals surface area contributed by atoms with Gasteiger partial charge in [0, 0.05) is 12.1 Å². The highest BCUT2D eigenvalue weighted by Crippen LogP contribution is 2.28. The number of nitro benzene ring substituents is 1. The number of aromatic nitrogens is 3. The molecule has 1 heterocycles. The minimum Gasteiger partial charge on any atom is -0.494 e. The molecular weight excluding hydrogens is 238 g/mol. The van der Waals surface area contributed by atoms with Gasteiger partial charge < -0.3 is 10.5 Å². The van der Waals surface area contributed by atoms with Crippen LogP contribution in [-0.4, -0.2) is 27.0 Å². The summed E-state index contributed by atoms with van der Waals surface area (Å²) in [6.07, 6.45) is 0. The van der Waals surface area contributed by atoms with Crippen molar-refractivity contribution in [3.05, 3.63) is 34.0 Å². The normalized spacial score (nSPS) is 10.3. The molecule has 18 heavy (non-hydrogen) atoms. The molecule has 0 unspecified atom stereocenters. The van der Waals surface area contributed by atoms with E-state index in [0.717, 1.165) is 0 Å². The maximum absolute atomic E-state index is 10.8. The van der Waals surface area contributed by atoms with Crippen LogP contribution in [0.25, 0.3) is 5.69 Å². The Hall–Kier alpha value is -2.64. The minimum absolute atomic E-state index is 0.0562. The van der Waals surface area contributed by atoms with Crippen molar-refractivity contribution in [1.29, 1.82) is 0 Å². The number of benzene rings is 1. The number of anilines is 1. The summed E-state index contributed by atoms with van der Waals surface area (Å²) in [7, 11) is 1.47. The first-order valence-corrected chi connectivity index (χ1v) is 5.05. The van der Waals surface area contributed by atoms with Gasteiger partial charge in [-0.2, -0.15) is 0 Å². The number of methoxy groups -OCH3 is 1. The van der Waals surface area contributed by atoms with Crippen molar-refractivity contribution in [3.8, 4) is 11.4 Å². The van der Waals surface area contributed by atoms with Gasteiger partial charge in [0.05, 0.1) is 17.7 Å². The van der Waals surface area contributed by atoms with Crippen LogP contribution in [0.4, 0.5) is 11.5 Å². The number of nitrogen functional groups attached to an aromatic ring is 1. The van der Waals surface area contributed by atoms with Crippen molar-refractivity contribution in [2.24, 2.45) is 0 Å². The fraction of sp³-hybridized carbons (Fsp3) is 0.200. The Morgan fingerprint density at radius 1 is 1.50 bits per heavy atom. The lowest BCUT2D eigenvalue weighted by atomic mass is 10.2. The molecule has 2 aromatic rings. The Labute approximate surface area is 102 Å². The van der Waals surface area contributed by atoms with Crippen LogP contribution in [0.5, 0.6) is 5.75 Å². The average molecular weight is 249 g/mol. The average Bonchev–Trinajstić information content (AvgIpc) is 2.69. The van der Waals surface area contributed by atoms with E-state index in [9.17, 15) is 10.1 Å². The van der Waals surface area contributed by atoms with E-state index in [1.165, 1.54) is 30.0 Å². The standard InChI is InChI=1S/C10H11N5O3/c1-6-10(11)12-13-14(6)8-5-7(15(16)17)3-4-9(8)18-2/h3-5H,11H2,1-2H3. The topological polar surface area (TPSA) is 109 Å². The lowest BCUT2D eigenvalue weighted by Crippen LogP contribution is -2.03. The van der Waals surface area contributed by atoms with E-state index in [0.29, 0.717) is 17.1 Å². The number of ether oxygens (including phenoxy) is 1. The quantitative estimate of drug-likeness (QED) is 0.643. The van der Waals surface area contributed by atoms with Crippen molar-refractivity contribution in [2.45, 2.75) is 6.92 Å². The van der Waals surface area contributed by atoms with Crippen LogP contribution in [0, 0.1) is 17.0 Å². The van der Waals surface area contributed by atoms with Gasteiger partial charge in [0.15, 0.2) is 5.82 Å². The monoisotopic (exact) mass is 249 g/mol. The van der Waals surface area contributed by atoms with Crippen LogP contribution >= 0.6 is 0 Å². The smallest absolute Gasteiger partial charge is 0.271 e. The first-order chi connectivity index (χ1) is 8.54. The van der Waals surface area contributed by atoms with Crippen LogP contribution in [-0.2, 0) is 0 Å². The van der Waals surface area contributed by atoms with Crippen molar-refractivity contribution in [2.75, 3.05) is 12.8 Å². The second-order valence-corrected chi connectivity index (χ2v) is 3.59. The number of nitrogens with zero attached hydrogens (tertiary/aromatic N) is 4. The van der Waals surface area contributed by atoms with E-state index in [1.807, 2.05) is 0 Å². The molecule has 1 aromatic carbocycles. The second-order valence-electron chi connectivity index (χ2n) is 3.59. The Balaban J connectivity index is 2.64. The van der Waals surface area contributed by atoms with Crippen molar-refractivity contribution in [3.63, 3.8) is 0 Å². The molecule has 0 saturated heterocycles. The summed E-state index contributed by atoms with van der Waals surface area (Å²) in [6, 6.07) is 4.22. The van der Waals surface area contributed by atoms with Crippen LogP contribution in [0.15, 0.2) is 18.2 Å². The van der Waals surface area contributed by atoms with E-state index in [4.69, 9.17) is 10.5 Å². The fourth-order valence-corrected chi connectivity index (χ4v) is 1.53. The van der Waals surface area contributed by atoms with Gasteiger partial charge in [-0.1, -0.05) is 5.21 Å². The summed E-state index contributed by atoms with van der Waals surface area (Å²) in [5.41, 5.74) is 6.56. The molecule has 0 aliphatic heterocycles. The minimum atomic E-state index is -0.488. The highest BCUT2D eigenvalue weighted by atomic mass is 16.6. The molecule has 8 nitrogen and oxygen atoms in total. The lowest BCUT2D eigenvalue weighted by molar-refractivity contribution is -0.384. The summed E-state index contributed by atoms with van der Waals surface area (Å²) in [5, 5.41) is 18.3. The number of nitro groups is 1.